The molecule has 1 aromatic heterocycles. The molecule has 1 rings (SSSR count). The third kappa shape index (κ3) is 8.79. The summed E-state index contributed by atoms with van der Waals surface area (Å²) in [6, 6.07) is 0. The van der Waals surface area contributed by atoms with E-state index in [-0.39, 0.29) is 19.0 Å². The summed E-state index contributed by atoms with van der Waals surface area (Å²) in [5.41, 5.74) is 0. The molecule has 22 heavy (non-hydrogen) atoms. The second-order valence-corrected chi connectivity index (χ2v) is 6.14. The highest BCUT2D eigenvalue weighted by molar-refractivity contribution is 4.79. The fourth-order valence-electron chi connectivity index (χ4n) is 2.89. The van der Waals surface area contributed by atoms with Gasteiger partial charge in [-0.3, -0.25) is 0 Å². The van der Waals surface area contributed by atoms with Crippen molar-refractivity contribution in [3.8, 4) is 0 Å². The van der Waals surface area contributed by atoms with E-state index in [9.17, 15) is 0 Å². The monoisotopic (exact) mass is 330 g/mol. The van der Waals surface area contributed by atoms with Crippen LogP contribution in [0.25, 0.3) is 0 Å². The number of aryl methyl sites for hydroxylation is 1. The lowest BCUT2D eigenvalue weighted by atomic mass is 10.1. The van der Waals surface area contributed by atoms with Crippen LogP contribution in [0, 0.1) is 6.92 Å². The molecule has 0 unspecified atom stereocenters. The Bertz CT molecular complexity index is 366. The average Bonchev–Trinajstić information content (AvgIpc) is 2.83. The van der Waals surface area contributed by atoms with Crippen molar-refractivity contribution in [2.75, 3.05) is 6.61 Å². The molecule has 0 aliphatic rings. The number of imidazole rings is 1. The summed E-state index contributed by atoms with van der Waals surface area (Å²) >= 11 is 0. The zero-order valence-electron chi connectivity index (χ0n) is 14.6. The van der Waals surface area contributed by atoms with Gasteiger partial charge in [-0.15, -0.1) is 0 Å². The maximum absolute atomic E-state index is 8.99. The number of hydrogen-bond donors (Lipinski definition) is 1. The number of halogens is 1. The van der Waals surface area contributed by atoms with Crippen molar-refractivity contribution in [1.29, 1.82) is 0 Å². The number of aliphatic hydroxyl groups is 1. The Hall–Kier alpha value is -0.540. The van der Waals surface area contributed by atoms with Gasteiger partial charge in [-0.2, -0.15) is 0 Å². The molecule has 4 heteroatoms. The van der Waals surface area contributed by atoms with Crippen molar-refractivity contribution in [2.24, 2.45) is 0 Å². The Balaban J connectivity index is 0.00000441. The van der Waals surface area contributed by atoms with Gasteiger partial charge in [0.15, 0.2) is 0 Å². The van der Waals surface area contributed by atoms with Crippen molar-refractivity contribution in [3.63, 3.8) is 0 Å². The molecule has 0 atom stereocenters. The fourth-order valence-corrected chi connectivity index (χ4v) is 2.89. The highest BCUT2D eigenvalue weighted by Gasteiger charge is 2.10. The number of hydrogen-bond acceptors (Lipinski definition) is 1. The minimum Gasteiger partial charge on any atom is -1.00 e. The van der Waals surface area contributed by atoms with Crippen molar-refractivity contribution < 1.29 is 22.1 Å². The molecule has 0 bridgehead atoms. The summed E-state index contributed by atoms with van der Waals surface area (Å²) in [4.78, 5) is 0. The van der Waals surface area contributed by atoms with Crippen LogP contribution in [0.4, 0.5) is 0 Å². The van der Waals surface area contributed by atoms with Crippen LogP contribution in [0.5, 0.6) is 0 Å². The Labute approximate surface area is 143 Å². The van der Waals surface area contributed by atoms with Crippen molar-refractivity contribution in [3.05, 3.63) is 18.2 Å². The molecular formula is C18H35ClN2O. The van der Waals surface area contributed by atoms with Gasteiger partial charge in [0.2, 0.25) is 0 Å². The van der Waals surface area contributed by atoms with E-state index in [0.29, 0.717) is 6.54 Å². The van der Waals surface area contributed by atoms with Crippen molar-refractivity contribution >= 4 is 0 Å². The molecule has 1 N–H and O–H groups in total. The number of unbranched alkanes of at least 4 members (excludes halogenated alkanes) is 9. The van der Waals surface area contributed by atoms with Crippen LogP contribution in [0.1, 0.15) is 77.0 Å². The topological polar surface area (TPSA) is 29.0 Å². The zero-order valence-corrected chi connectivity index (χ0v) is 15.3. The van der Waals surface area contributed by atoms with E-state index in [1.54, 1.807) is 0 Å². The van der Waals surface area contributed by atoms with E-state index in [4.69, 9.17) is 5.11 Å². The smallest absolute Gasteiger partial charge is 0.253 e. The molecule has 0 saturated carbocycles. The summed E-state index contributed by atoms with van der Waals surface area (Å²) < 4.78 is 4.43. The SMILES string of the molecule is CCCCCCCCCCCC[n+]1ccn(CCO)c1C.[Cl-]. The third-order valence-corrected chi connectivity index (χ3v) is 4.35. The van der Waals surface area contributed by atoms with Gasteiger partial charge < -0.3 is 17.5 Å². The van der Waals surface area contributed by atoms with Gasteiger partial charge in [0.1, 0.15) is 18.9 Å². The van der Waals surface area contributed by atoms with E-state index in [1.165, 1.54) is 70.0 Å². The van der Waals surface area contributed by atoms with Crippen LogP contribution in [-0.2, 0) is 13.1 Å². The first kappa shape index (κ1) is 21.5. The van der Waals surface area contributed by atoms with Crippen molar-refractivity contribution in [1.82, 2.24) is 4.57 Å². The lowest BCUT2D eigenvalue weighted by molar-refractivity contribution is -0.702. The van der Waals surface area contributed by atoms with E-state index >= 15 is 0 Å². The molecule has 0 fully saturated rings. The molecular weight excluding hydrogens is 296 g/mol. The minimum atomic E-state index is 0. The number of rotatable bonds is 13. The molecule has 0 aromatic carbocycles. The molecule has 1 heterocycles. The lowest BCUT2D eigenvalue weighted by Crippen LogP contribution is -3.00. The average molecular weight is 331 g/mol. The fraction of sp³-hybridized carbons (Fsp3) is 0.833. The van der Waals surface area contributed by atoms with E-state index < -0.39 is 0 Å². The van der Waals surface area contributed by atoms with Crippen LogP contribution in [0.2, 0.25) is 0 Å². The molecule has 0 saturated heterocycles. The second kappa shape index (κ2) is 14.1. The summed E-state index contributed by atoms with van der Waals surface area (Å²) in [5.74, 6) is 1.25. The first-order chi connectivity index (χ1) is 10.3. The molecule has 0 amide bonds. The molecule has 0 radical (unpaired) electrons. The van der Waals surface area contributed by atoms with E-state index in [0.717, 1.165) is 6.54 Å². The Morgan fingerprint density at radius 2 is 1.50 bits per heavy atom. The zero-order chi connectivity index (χ0) is 15.3. The van der Waals surface area contributed by atoms with E-state index in [1.807, 2.05) is 0 Å². The molecule has 0 aliphatic heterocycles. The Morgan fingerprint density at radius 1 is 0.955 bits per heavy atom. The number of aromatic nitrogens is 2. The second-order valence-electron chi connectivity index (χ2n) is 6.14. The minimum absolute atomic E-state index is 0. The standard InChI is InChI=1S/C18H35N2O.ClH/c1-3-4-5-6-7-8-9-10-11-12-13-19-14-15-20(16-17-21)18(19)2;/h14-15,21H,3-13,16-17H2,1-2H3;1H/q+1;/p-1. The molecule has 0 aliphatic carbocycles. The maximum Gasteiger partial charge on any atom is 0.253 e. The third-order valence-electron chi connectivity index (χ3n) is 4.35. The summed E-state index contributed by atoms with van der Waals surface area (Å²) in [5, 5.41) is 8.99. The van der Waals surface area contributed by atoms with Crippen LogP contribution in [-0.4, -0.2) is 16.3 Å². The molecule has 130 valence electrons. The predicted octanol–water partition coefficient (Wildman–Crippen LogP) is 1.00. The molecule has 3 nitrogen and oxygen atoms in total. The number of aliphatic hydroxyl groups excluding tert-OH is 1. The van der Waals surface area contributed by atoms with Crippen molar-refractivity contribution in [2.45, 2.75) is 91.1 Å². The van der Waals surface area contributed by atoms with Gasteiger partial charge in [0.25, 0.3) is 5.82 Å². The normalized spacial score (nSPS) is 10.7. The van der Waals surface area contributed by atoms with E-state index in [2.05, 4.69) is 35.4 Å². The highest BCUT2D eigenvalue weighted by atomic mass is 35.5. The highest BCUT2D eigenvalue weighted by Crippen LogP contribution is 2.10. The van der Waals surface area contributed by atoms with Gasteiger partial charge in [-0.05, 0) is 12.8 Å². The van der Waals surface area contributed by atoms with Crippen LogP contribution >= 0.6 is 0 Å². The molecule has 0 spiro atoms. The summed E-state index contributed by atoms with van der Waals surface area (Å²) in [7, 11) is 0. The van der Waals surface area contributed by atoms with Gasteiger partial charge >= 0.3 is 0 Å². The van der Waals surface area contributed by atoms with Gasteiger partial charge in [-0.1, -0.05) is 58.3 Å². The Kier molecular flexibility index (Phi) is 13.7. The maximum atomic E-state index is 8.99. The van der Waals surface area contributed by atoms with Crippen LogP contribution < -0.4 is 17.0 Å². The van der Waals surface area contributed by atoms with Crippen LogP contribution in [0.3, 0.4) is 0 Å². The Morgan fingerprint density at radius 3 is 2.05 bits per heavy atom. The van der Waals surface area contributed by atoms with Gasteiger partial charge in [0.05, 0.1) is 13.2 Å². The quantitative estimate of drug-likeness (QED) is 0.424. The molecule has 1 aromatic rings. The number of nitrogens with zero attached hydrogens (tertiary/aromatic N) is 2. The summed E-state index contributed by atoms with van der Waals surface area (Å²) in [6.45, 7) is 6.44. The summed E-state index contributed by atoms with van der Waals surface area (Å²) in [6.07, 6.45) is 18.1. The van der Waals surface area contributed by atoms with Gasteiger partial charge in [-0.25, -0.2) is 9.13 Å². The van der Waals surface area contributed by atoms with Gasteiger partial charge in [0, 0.05) is 6.92 Å². The van der Waals surface area contributed by atoms with Crippen LogP contribution in [0.15, 0.2) is 12.4 Å². The lowest BCUT2D eigenvalue weighted by Gasteiger charge is -2.02. The first-order valence-electron chi connectivity index (χ1n) is 8.95. The largest absolute Gasteiger partial charge is 1.00 e. The predicted molar refractivity (Wildman–Crippen MR) is 88.3 cm³/mol. The first-order valence-corrected chi connectivity index (χ1v) is 8.95.